The van der Waals surface area contributed by atoms with Crippen molar-refractivity contribution in [1.29, 1.82) is 0 Å². The smallest absolute Gasteiger partial charge is 0.0727 e. The van der Waals surface area contributed by atoms with E-state index in [1.165, 1.54) is 41.7 Å². The van der Waals surface area contributed by atoms with E-state index < -0.39 is 0 Å². The Morgan fingerprint density at radius 3 is 2.48 bits per heavy atom. The number of nitrogens with two attached hydrogens (primary N) is 1. The van der Waals surface area contributed by atoms with Crippen molar-refractivity contribution in [3.05, 3.63) is 70.9 Å². The molecule has 2 fully saturated rings. The molecule has 0 radical (unpaired) electrons. The van der Waals surface area contributed by atoms with E-state index in [4.69, 9.17) is 5.73 Å². The van der Waals surface area contributed by atoms with E-state index in [9.17, 15) is 0 Å². The minimum absolute atomic E-state index is 0.783. The molecule has 0 spiro atoms. The Bertz CT molecular complexity index is 1170. The third kappa shape index (κ3) is 4.75. The van der Waals surface area contributed by atoms with Gasteiger partial charge in [-0.2, -0.15) is 0 Å². The number of aryl methyl sites for hydroxylation is 1. The molecule has 2 heterocycles. The summed E-state index contributed by atoms with van der Waals surface area (Å²) in [6.07, 6.45) is 3.61. The summed E-state index contributed by atoms with van der Waals surface area (Å²) in [5.41, 5.74) is 15.6. The maximum atomic E-state index is 6.32. The third-order valence-electron chi connectivity index (χ3n) is 7.14. The first kappa shape index (κ1) is 21.9. The molecule has 0 unspecified atom stereocenters. The number of benzene rings is 2. The number of nitrogen functional groups attached to an aromatic ring is 1. The number of pyridine rings is 1. The van der Waals surface area contributed by atoms with Crippen molar-refractivity contribution >= 4 is 28.0 Å². The van der Waals surface area contributed by atoms with Crippen LogP contribution in [0.2, 0.25) is 0 Å². The number of allylic oxidation sites excluding steroid dienone is 1. The third-order valence-corrected chi connectivity index (χ3v) is 7.14. The number of aromatic nitrogens is 1. The number of rotatable bonds is 6. The fourth-order valence-corrected chi connectivity index (χ4v) is 4.97. The van der Waals surface area contributed by atoms with Crippen LogP contribution in [0.3, 0.4) is 0 Å². The van der Waals surface area contributed by atoms with Gasteiger partial charge in [0.1, 0.15) is 0 Å². The standard InChI is InChI=1S/C28H35N5/c1-3-32-13-15-33(16-14-32)19-22-7-4-5-10-24(22)28(21-8-6-9-21)31-23-11-12-27-25(18-23)26(29)17-20(2)30-27/h4-5,7,10-12,17-18,31H,3,6,8-9,13-16,19H2,1-2H3,(H2,29,30). The Hall–Kier alpha value is -2.89. The molecule has 5 nitrogen and oxygen atoms in total. The lowest BCUT2D eigenvalue weighted by atomic mass is 9.87. The van der Waals surface area contributed by atoms with Crippen molar-refractivity contribution < 1.29 is 0 Å². The van der Waals surface area contributed by atoms with Crippen LogP contribution < -0.4 is 11.1 Å². The highest BCUT2D eigenvalue weighted by Crippen LogP contribution is 2.36. The summed E-state index contributed by atoms with van der Waals surface area (Å²) in [7, 11) is 0. The lowest BCUT2D eigenvalue weighted by Crippen LogP contribution is -2.45. The molecule has 5 heteroatoms. The minimum Gasteiger partial charge on any atom is -0.398 e. The second kappa shape index (κ2) is 9.54. The molecule has 1 aromatic heterocycles. The fourth-order valence-electron chi connectivity index (χ4n) is 4.97. The molecular weight excluding hydrogens is 406 g/mol. The maximum absolute atomic E-state index is 6.32. The average Bonchev–Trinajstić information content (AvgIpc) is 2.79. The Labute approximate surface area is 197 Å². The maximum Gasteiger partial charge on any atom is 0.0727 e. The van der Waals surface area contributed by atoms with E-state index in [1.807, 2.05) is 13.0 Å². The number of hydrogen-bond acceptors (Lipinski definition) is 5. The average molecular weight is 442 g/mol. The van der Waals surface area contributed by atoms with Crippen molar-refractivity contribution in [2.45, 2.75) is 39.7 Å². The summed E-state index contributed by atoms with van der Waals surface area (Å²) >= 11 is 0. The predicted molar refractivity (Wildman–Crippen MR) is 139 cm³/mol. The van der Waals surface area contributed by atoms with Gasteiger partial charge in [0.05, 0.1) is 5.52 Å². The summed E-state index contributed by atoms with van der Waals surface area (Å²) in [5, 5.41) is 4.80. The zero-order chi connectivity index (χ0) is 22.8. The van der Waals surface area contributed by atoms with Crippen LogP contribution in [0.5, 0.6) is 0 Å². The van der Waals surface area contributed by atoms with Crippen LogP contribution in [0.25, 0.3) is 16.6 Å². The predicted octanol–water partition coefficient (Wildman–Crippen LogP) is 5.27. The number of fused-ring (bicyclic) bond motifs is 1. The Morgan fingerprint density at radius 2 is 1.76 bits per heavy atom. The topological polar surface area (TPSA) is 57.4 Å². The normalized spacial score (nSPS) is 17.2. The summed E-state index contributed by atoms with van der Waals surface area (Å²) in [5.74, 6) is 0. The van der Waals surface area contributed by atoms with Crippen LogP contribution in [-0.4, -0.2) is 47.5 Å². The first-order valence-corrected chi connectivity index (χ1v) is 12.3. The van der Waals surface area contributed by atoms with Crippen LogP contribution in [0.4, 0.5) is 11.4 Å². The van der Waals surface area contributed by atoms with E-state index >= 15 is 0 Å². The lowest BCUT2D eigenvalue weighted by molar-refractivity contribution is 0.132. The molecular formula is C28H35N5. The number of hydrogen-bond donors (Lipinski definition) is 2. The number of nitrogens with zero attached hydrogens (tertiary/aromatic N) is 3. The summed E-state index contributed by atoms with van der Waals surface area (Å²) < 4.78 is 0. The highest BCUT2D eigenvalue weighted by atomic mass is 15.3. The van der Waals surface area contributed by atoms with Crippen molar-refractivity contribution in [3.63, 3.8) is 0 Å². The van der Waals surface area contributed by atoms with Crippen LogP contribution in [0.1, 0.15) is 43.0 Å². The van der Waals surface area contributed by atoms with E-state index in [-0.39, 0.29) is 0 Å². The van der Waals surface area contributed by atoms with Gasteiger partial charge >= 0.3 is 0 Å². The van der Waals surface area contributed by atoms with Crippen molar-refractivity contribution in [3.8, 4) is 0 Å². The molecule has 5 rings (SSSR count). The van der Waals surface area contributed by atoms with E-state index in [0.29, 0.717) is 0 Å². The molecule has 1 aliphatic carbocycles. The largest absolute Gasteiger partial charge is 0.398 e. The molecule has 1 saturated heterocycles. The summed E-state index contributed by atoms with van der Waals surface area (Å²) in [4.78, 5) is 9.77. The molecule has 1 saturated carbocycles. The first-order valence-electron chi connectivity index (χ1n) is 12.3. The molecule has 2 aliphatic rings. The molecule has 0 atom stereocenters. The molecule has 3 N–H and O–H groups in total. The van der Waals surface area contributed by atoms with Crippen LogP contribution in [0, 0.1) is 6.92 Å². The van der Waals surface area contributed by atoms with E-state index in [1.54, 1.807) is 0 Å². The number of anilines is 2. The van der Waals surface area contributed by atoms with E-state index in [2.05, 4.69) is 69.5 Å². The second-order valence-corrected chi connectivity index (χ2v) is 9.41. The zero-order valence-corrected chi connectivity index (χ0v) is 19.9. The number of piperazine rings is 1. The van der Waals surface area contributed by atoms with Gasteiger partial charge in [-0.05, 0) is 68.1 Å². The van der Waals surface area contributed by atoms with E-state index in [0.717, 1.165) is 67.2 Å². The monoisotopic (exact) mass is 441 g/mol. The fraction of sp³-hybridized carbons (Fsp3) is 0.393. The Kier molecular flexibility index (Phi) is 6.34. The van der Waals surface area contributed by atoms with Crippen LogP contribution in [0.15, 0.2) is 54.1 Å². The molecule has 33 heavy (non-hydrogen) atoms. The number of nitrogens with one attached hydrogen (secondary N) is 1. The minimum atomic E-state index is 0.783. The molecule has 0 bridgehead atoms. The molecule has 3 aromatic rings. The van der Waals surface area contributed by atoms with Gasteiger partial charge in [0.25, 0.3) is 0 Å². The summed E-state index contributed by atoms with van der Waals surface area (Å²) in [6.45, 7) is 11.0. The molecule has 0 amide bonds. The van der Waals surface area contributed by atoms with Gasteiger partial charge in [-0.3, -0.25) is 9.88 Å². The summed E-state index contributed by atoms with van der Waals surface area (Å²) in [6, 6.07) is 17.2. The molecule has 172 valence electrons. The van der Waals surface area contributed by atoms with Crippen molar-refractivity contribution in [2.24, 2.45) is 0 Å². The second-order valence-electron chi connectivity index (χ2n) is 9.41. The van der Waals surface area contributed by atoms with Crippen LogP contribution in [-0.2, 0) is 6.54 Å². The lowest BCUT2D eigenvalue weighted by Gasteiger charge is -2.34. The van der Waals surface area contributed by atoms with Gasteiger partial charge in [0, 0.05) is 66.4 Å². The van der Waals surface area contributed by atoms with Crippen molar-refractivity contribution in [2.75, 3.05) is 43.8 Å². The first-order chi connectivity index (χ1) is 16.1. The van der Waals surface area contributed by atoms with Crippen LogP contribution >= 0.6 is 0 Å². The van der Waals surface area contributed by atoms with Gasteiger partial charge in [-0.1, -0.05) is 31.2 Å². The van der Waals surface area contributed by atoms with Gasteiger partial charge < -0.3 is 16.0 Å². The highest BCUT2D eigenvalue weighted by molar-refractivity contribution is 5.94. The van der Waals surface area contributed by atoms with Gasteiger partial charge in [0.2, 0.25) is 0 Å². The number of likely N-dealkylation sites (N-methyl/N-ethyl adjacent to an activating group) is 1. The SMILES string of the molecule is CCN1CCN(Cc2ccccc2C(Nc2ccc3nc(C)cc(N)c3c2)=C2CCC2)CC1. The van der Waals surface area contributed by atoms with Crippen molar-refractivity contribution in [1.82, 2.24) is 14.8 Å². The quantitative estimate of drug-likeness (QED) is 0.546. The Morgan fingerprint density at radius 1 is 1.00 bits per heavy atom. The van der Waals surface area contributed by atoms with Gasteiger partial charge in [0.15, 0.2) is 0 Å². The Balaban J connectivity index is 1.44. The molecule has 2 aromatic carbocycles. The van der Waals surface area contributed by atoms with Gasteiger partial charge in [-0.25, -0.2) is 0 Å². The zero-order valence-electron chi connectivity index (χ0n) is 19.9. The van der Waals surface area contributed by atoms with Gasteiger partial charge in [-0.15, -0.1) is 0 Å². The highest BCUT2D eigenvalue weighted by Gasteiger charge is 2.21. The molecule has 1 aliphatic heterocycles.